The van der Waals surface area contributed by atoms with Gasteiger partial charge in [-0.05, 0) is 6.92 Å². The summed E-state index contributed by atoms with van der Waals surface area (Å²) in [5.74, 6) is -0.809. The van der Waals surface area contributed by atoms with Crippen LogP contribution in [0.25, 0.3) is 0 Å². The lowest BCUT2D eigenvalue weighted by molar-refractivity contribution is -0.148. The van der Waals surface area contributed by atoms with Gasteiger partial charge in [-0.2, -0.15) is 0 Å². The highest BCUT2D eigenvalue weighted by molar-refractivity contribution is 5.89. The maximum absolute atomic E-state index is 12.1. The van der Waals surface area contributed by atoms with Gasteiger partial charge >= 0.3 is 5.97 Å². The van der Waals surface area contributed by atoms with Gasteiger partial charge < -0.3 is 9.47 Å². The van der Waals surface area contributed by atoms with Crippen LogP contribution in [0.3, 0.4) is 0 Å². The van der Waals surface area contributed by atoms with Crippen LogP contribution in [0.2, 0.25) is 0 Å². The highest BCUT2D eigenvalue weighted by Crippen LogP contribution is 2.26. The number of methoxy groups -OCH3 is 2. The molecule has 0 spiro atoms. The van der Waals surface area contributed by atoms with E-state index in [1.807, 2.05) is 20.8 Å². The molecule has 0 aliphatic rings. The van der Waals surface area contributed by atoms with E-state index in [0.717, 1.165) is 0 Å². The summed E-state index contributed by atoms with van der Waals surface area (Å²) < 4.78 is 9.74. The van der Waals surface area contributed by atoms with Crippen molar-refractivity contribution in [2.24, 2.45) is 11.3 Å². The van der Waals surface area contributed by atoms with Crippen molar-refractivity contribution in [1.29, 1.82) is 0 Å². The van der Waals surface area contributed by atoms with Crippen molar-refractivity contribution in [2.75, 3.05) is 14.2 Å². The number of rotatable bonds is 5. The summed E-state index contributed by atoms with van der Waals surface area (Å²) in [7, 11) is 2.85. The van der Waals surface area contributed by atoms with E-state index >= 15 is 0 Å². The van der Waals surface area contributed by atoms with Gasteiger partial charge in [0, 0.05) is 12.5 Å². The fourth-order valence-corrected chi connectivity index (χ4v) is 1.46. The van der Waals surface area contributed by atoms with Crippen LogP contribution in [-0.4, -0.2) is 32.1 Å². The van der Waals surface area contributed by atoms with E-state index in [9.17, 15) is 9.59 Å². The molecule has 0 rings (SSSR count). The predicted octanol–water partition coefficient (Wildman–Crippen LogP) is 1.82. The van der Waals surface area contributed by atoms with Gasteiger partial charge in [-0.3, -0.25) is 9.59 Å². The third kappa shape index (κ3) is 4.31. The van der Waals surface area contributed by atoms with E-state index in [2.05, 4.69) is 4.74 Å². The first-order chi connectivity index (χ1) is 7.23. The average molecular weight is 230 g/mol. The minimum Gasteiger partial charge on any atom is -0.469 e. The Balaban J connectivity index is 4.81. The van der Waals surface area contributed by atoms with Crippen LogP contribution in [-0.2, 0) is 19.1 Å². The van der Waals surface area contributed by atoms with Crippen LogP contribution in [0.5, 0.6) is 0 Å². The Kier molecular flexibility index (Phi) is 5.65. The van der Waals surface area contributed by atoms with Gasteiger partial charge in [-0.15, -0.1) is 0 Å². The van der Waals surface area contributed by atoms with E-state index in [-0.39, 0.29) is 24.3 Å². The summed E-state index contributed by atoms with van der Waals surface area (Å²) in [4.78, 5) is 23.4. The number of esters is 1. The molecule has 0 aliphatic heterocycles. The van der Waals surface area contributed by atoms with Gasteiger partial charge in [0.2, 0.25) is 0 Å². The molecule has 0 aromatic carbocycles. The van der Waals surface area contributed by atoms with E-state index < -0.39 is 11.3 Å². The standard InChI is InChI=1S/C12H22O4/c1-8(15-5)9(7-10(13)16-6)11(14)12(2,3)4/h8-9H,7H2,1-6H3/t8-,9-/m0/s1. The second-order valence-corrected chi connectivity index (χ2v) is 4.94. The summed E-state index contributed by atoms with van der Waals surface area (Å²) in [5, 5.41) is 0. The third-order valence-corrected chi connectivity index (χ3v) is 2.63. The minimum atomic E-state index is -0.481. The van der Waals surface area contributed by atoms with Crippen LogP contribution in [0.1, 0.15) is 34.1 Å². The van der Waals surface area contributed by atoms with Crippen molar-refractivity contribution in [3.8, 4) is 0 Å². The van der Waals surface area contributed by atoms with Crippen LogP contribution >= 0.6 is 0 Å². The first kappa shape index (κ1) is 15.1. The van der Waals surface area contributed by atoms with Gasteiger partial charge in [-0.25, -0.2) is 0 Å². The fraction of sp³-hybridized carbons (Fsp3) is 0.833. The molecule has 0 saturated carbocycles. The number of carbonyl (C=O) groups excluding carboxylic acids is 2. The number of carbonyl (C=O) groups is 2. The van der Waals surface area contributed by atoms with E-state index in [4.69, 9.17) is 4.74 Å². The quantitative estimate of drug-likeness (QED) is 0.676. The maximum Gasteiger partial charge on any atom is 0.306 e. The molecule has 0 bridgehead atoms. The van der Waals surface area contributed by atoms with Gasteiger partial charge in [0.25, 0.3) is 0 Å². The van der Waals surface area contributed by atoms with Crippen molar-refractivity contribution in [2.45, 2.75) is 40.2 Å². The molecule has 0 aliphatic carbocycles. The Morgan fingerprint density at radius 3 is 2.00 bits per heavy atom. The number of hydrogen-bond donors (Lipinski definition) is 0. The van der Waals surface area contributed by atoms with E-state index in [1.165, 1.54) is 14.2 Å². The molecule has 0 radical (unpaired) electrons. The molecule has 0 fully saturated rings. The minimum absolute atomic E-state index is 0.0206. The first-order valence-corrected chi connectivity index (χ1v) is 5.38. The van der Waals surface area contributed by atoms with Gasteiger partial charge in [0.15, 0.2) is 0 Å². The molecule has 0 saturated heterocycles. The molecule has 0 unspecified atom stereocenters. The van der Waals surface area contributed by atoms with Crippen LogP contribution in [0.4, 0.5) is 0 Å². The van der Waals surface area contributed by atoms with Crippen molar-refractivity contribution in [1.82, 2.24) is 0 Å². The second-order valence-electron chi connectivity index (χ2n) is 4.94. The third-order valence-electron chi connectivity index (χ3n) is 2.63. The summed E-state index contributed by atoms with van der Waals surface area (Å²) in [6, 6.07) is 0. The van der Waals surface area contributed by atoms with Crippen LogP contribution < -0.4 is 0 Å². The summed E-state index contributed by atoms with van der Waals surface area (Å²) in [6.45, 7) is 7.29. The Morgan fingerprint density at radius 2 is 1.69 bits per heavy atom. The molecule has 0 amide bonds. The van der Waals surface area contributed by atoms with Gasteiger partial charge in [0.1, 0.15) is 5.78 Å². The molecule has 0 aromatic heterocycles. The largest absolute Gasteiger partial charge is 0.469 e. The zero-order valence-electron chi connectivity index (χ0n) is 11.0. The topological polar surface area (TPSA) is 52.6 Å². The summed E-state index contributed by atoms with van der Waals surface area (Å²) in [5.41, 5.74) is -0.481. The van der Waals surface area contributed by atoms with Crippen LogP contribution in [0.15, 0.2) is 0 Å². The lowest BCUT2D eigenvalue weighted by Gasteiger charge is -2.27. The zero-order chi connectivity index (χ0) is 12.9. The number of ketones is 1. The number of hydrogen-bond acceptors (Lipinski definition) is 4. The lowest BCUT2D eigenvalue weighted by atomic mass is 9.79. The number of Topliss-reactive ketones (excluding diaryl/α,β-unsaturated/α-hetero) is 1. The highest BCUT2D eigenvalue weighted by Gasteiger charge is 2.35. The highest BCUT2D eigenvalue weighted by atomic mass is 16.5. The summed E-state index contributed by atoms with van der Waals surface area (Å²) in [6.07, 6.45) is -0.215. The van der Waals surface area contributed by atoms with E-state index in [1.54, 1.807) is 6.92 Å². The zero-order valence-corrected chi connectivity index (χ0v) is 11.0. The molecule has 94 valence electrons. The Morgan fingerprint density at radius 1 is 1.19 bits per heavy atom. The Bertz CT molecular complexity index is 252. The van der Waals surface area contributed by atoms with Crippen molar-refractivity contribution in [3.63, 3.8) is 0 Å². The van der Waals surface area contributed by atoms with E-state index in [0.29, 0.717) is 0 Å². The molecule has 2 atom stereocenters. The normalized spacial score (nSPS) is 15.4. The molecule has 0 heterocycles. The van der Waals surface area contributed by atoms with Crippen molar-refractivity contribution in [3.05, 3.63) is 0 Å². The SMILES string of the molecule is COC(=O)C[C@H](C(=O)C(C)(C)C)[C@H](C)OC. The maximum atomic E-state index is 12.1. The monoisotopic (exact) mass is 230 g/mol. The van der Waals surface area contributed by atoms with Gasteiger partial charge in [0.05, 0.1) is 25.6 Å². The average Bonchev–Trinajstić information content (AvgIpc) is 2.22. The predicted molar refractivity (Wildman–Crippen MR) is 61.1 cm³/mol. The molecule has 4 heteroatoms. The lowest BCUT2D eigenvalue weighted by Crippen LogP contribution is -2.37. The molecule has 0 aromatic rings. The Hall–Kier alpha value is -0.900. The number of ether oxygens (including phenoxy) is 2. The molecule has 16 heavy (non-hydrogen) atoms. The Labute approximate surface area is 97.3 Å². The van der Waals surface area contributed by atoms with Crippen LogP contribution in [0, 0.1) is 11.3 Å². The van der Waals surface area contributed by atoms with Gasteiger partial charge in [-0.1, -0.05) is 20.8 Å². The smallest absolute Gasteiger partial charge is 0.306 e. The molecular formula is C12H22O4. The fourth-order valence-electron chi connectivity index (χ4n) is 1.46. The molecule has 0 N–H and O–H groups in total. The summed E-state index contributed by atoms with van der Waals surface area (Å²) >= 11 is 0. The molecular weight excluding hydrogens is 208 g/mol. The van der Waals surface area contributed by atoms with Crippen molar-refractivity contribution >= 4 is 11.8 Å². The van der Waals surface area contributed by atoms with Crippen molar-refractivity contribution < 1.29 is 19.1 Å². The molecule has 4 nitrogen and oxygen atoms in total. The first-order valence-electron chi connectivity index (χ1n) is 5.38. The second kappa shape index (κ2) is 5.99.